The van der Waals surface area contributed by atoms with Gasteiger partial charge < -0.3 is 0 Å². The Morgan fingerprint density at radius 3 is 2.56 bits per heavy atom. The third-order valence-electron chi connectivity index (χ3n) is 2.95. The van der Waals surface area contributed by atoms with E-state index in [4.69, 9.17) is 11.6 Å². The second kappa shape index (κ2) is 3.46. The van der Waals surface area contributed by atoms with E-state index < -0.39 is 0 Å². The van der Waals surface area contributed by atoms with E-state index in [1.54, 1.807) is 0 Å². The van der Waals surface area contributed by atoms with Crippen LogP contribution in [0, 0.1) is 0 Å². The highest BCUT2D eigenvalue weighted by atomic mass is 35.5. The molecule has 78 valence electrons. The van der Waals surface area contributed by atoms with Gasteiger partial charge in [0.1, 0.15) is 0 Å². The van der Waals surface area contributed by atoms with Gasteiger partial charge in [0.25, 0.3) is 0 Å². The van der Waals surface area contributed by atoms with Crippen LogP contribution < -0.4 is 0 Å². The highest BCUT2D eigenvalue weighted by Gasteiger charge is 2.20. The summed E-state index contributed by atoms with van der Waals surface area (Å²) in [6, 6.07) is 11.8. The number of hydrogen-bond donors (Lipinski definition) is 0. The number of carbonyl (C=O) groups is 1. The summed E-state index contributed by atoms with van der Waals surface area (Å²) >= 11 is 5.79. The molecule has 16 heavy (non-hydrogen) atoms. The molecule has 0 heterocycles. The Morgan fingerprint density at radius 2 is 1.81 bits per heavy atom. The van der Waals surface area contributed by atoms with E-state index in [2.05, 4.69) is 0 Å². The van der Waals surface area contributed by atoms with Crippen LogP contribution in [0.25, 0.3) is 16.8 Å². The minimum atomic E-state index is 0.0549. The summed E-state index contributed by atoms with van der Waals surface area (Å²) in [6.07, 6.45) is 1.89. The Hall–Kier alpha value is -1.60. The molecule has 0 unspecified atom stereocenters. The Morgan fingerprint density at radius 1 is 1.06 bits per heavy atom. The van der Waals surface area contributed by atoms with Gasteiger partial charge in [0.15, 0.2) is 5.78 Å². The Balaban J connectivity index is 2.45. The molecule has 0 aliphatic heterocycles. The van der Waals surface area contributed by atoms with E-state index in [1.165, 1.54) is 0 Å². The van der Waals surface area contributed by atoms with Gasteiger partial charge >= 0.3 is 0 Å². The average molecular weight is 229 g/mol. The summed E-state index contributed by atoms with van der Waals surface area (Å²) in [5.41, 5.74) is 2.53. The summed E-state index contributed by atoms with van der Waals surface area (Å²) in [6.45, 7) is 0. The Bertz CT molecular complexity index is 620. The minimum Gasteiger partial charge on any atom is -0.289 e. The number of Topliss-reactive ketones (excluding diaryl/α,β-unsaturated/α-hetero) is 1. The number of carbonyl (C=O) groups excluding carboxylic acids is 1. The first-order valence-electron chi connectivity index (χ1n) is 5.14. The zero-order valence-corrected chi connectivity index (χ0v) is 9.29. The van der Waals surface area contributed by atoms with E-state index in [9.17, 15) is 4.79 Å². The van der Waals surface area contributed by atoms with Crippen molar-refractivity contribution in [3.63, 3.8) is 0 Å². The first kappa shape index (κ1) is 9.61. The number of alkyl halides is 1. The molecular weight excluding hydrogens is 220 g/mol. The van der Waals surface area contributed by atoms with Gasteiger partial charge in [-0.05, 0) is 17.0 Å². The third kappa shape index (κ3) is 1.22. The predicted octanol–water partition coefficient (Wildman–Crippen LogP) is 3.66. The standard InChI is InChI=1S/C14H9ClO/c15-8-11-7-10-5-1-3-9-4-2-6-12(13(9)10)14(11)16/h1-7H,8H2. The van der Waals surface area contributed by atoms with Crippen LogP contribution in [0.4, 0.5) is 0 Å². The van der Waals surface area contributed by atoms with E-state index in [0.717, 1.165) is 21.9 Å². The molecule has 0 N–H and O–H groups in total. The highest BCUT2D eigenvalue weighted by molar-refractivity contribution is 6.30. The molecule has 2 heteroatoms. The van der Waals surface area contributed by atoms with Gasteiger partial charge in [-0.2, -0.15) is 0 Å². The van der Waals surface area contributed by atoms with E-state index in [1.807, 2.05) is 42.5 Å². The molecule has 0 fully saturated rings. The van der Waals surface area contributed by atoms with Crippen molar-refractivity contribution < 1.29 is 4.79 Å². The van der Waals surface area contributed by atoms with Gasteiger partial charge in [0, 0.05) is 16.5 Å². The van der Waals surface area contributed by atoms with Crippen LogP contribution in [-0.4, -0.2) is 11.7 Å². The van der Waals surface area contributed by atoms with Crippen LogP contribution in [0.2, 0.25) is 0 Å². The molecule has 0 radical (unpaired) electrons. The number of rotatable bonds is 1. The van der Waals surface area contributed by atoms with Crippen molar-refractivity contribution in [1.29, 1.82) is 0 Å². The lowest BCUT2D eigenvalue weighted by Crippen LogP contribution is -2.09. The van der Waals surface area contributed by atoms with E-state index >= 15 is 0 Å². The minimum absolute atomic E-state index is 0.0549. The summed E-state index contributed by atoms with van der Waals surface area (Å²) < 4.78 is 0. The van der Waals surface area contributed by atoms with Crippen LogP contribution in [-0.2, 0) is 0 Å². The molecule has 1 aliphatic carbocycles. The Kier molecular flexibility index (Phi) is 2.08. The van der Waals surface area contributed by atoms with Gasteiger partial charge in [-0.25, -0.2) is 0 Å². The zero-order chi connectivity index (χ0) is 11.1. The van der Waals surface area contributed by atoms with E-state index in [-0.39, 0.29) is 11.7 Å². The van der Waals surface area contributed by atoms with Crippen molar-refractivity contribution in [2.45, 2.75) is 0 Å². The number of ketones is 1. The molecule has 0 saturated heterocycles. The van der Waals surface area contributed by atoms with Crippen LogP contribution in [0.15, 0.2) is 42.0 Å². The third-order valence-corrected chi connectivity index (χ3v) is 3.23. The van der Waals surface area contributed by atoms with Gasteiger partial charge in [0.05, 0.1) is 5.88 Å². The van der Waals surface area contributed by atoms with Gasteiger partial charge in [-0.3, -0.25) is 4.79 Å². The largest absolute Gasteiger partial charge is 0.289 e. The number of benzene rings is 2. The van der Waals surface area contributed by atoms with Crippen molar-refractivity contribution in [2.75, 3.05) is 5.88 Å². The number of halogens is 1. The van der Waals surface area contributed by atoms with E-state index in [0.29, 0.717) is 5.57 Å². The summed E-state index contributed by atoms with van der Waals surface area (Å²) in [5.74, 6) is 0.322. The lowest BCUT2D eigenvalue weighted by Gasteiger charge is -2.15. The fourth-order valence-electron chi connectivity index (χ4n) is 2.21. The topological polar surface area (TPSA) is 17.1 Å². The van der Waals surface area contributed by atoms with Crippen molar-refractivity contribution in [1.82, 2.24) is 0 Å². The SMILES string of the molecule is O=C1C(CCl)=Cc2cccc3cccc1c23. The van der Waals surface area contributed by atoms with Crippen molar-refractivity contribution >= 4 is 34.2 Å². The van der Waals surface area contributed by atoms with Gasteiger partial charge in [-0.1, -0.05) is 36.4 Å². The maximum absolute atomic E-state index is 12.1. The molecule has 0 atom stereocenters. The molecule has 1 nitrogen and oxygen atoms in total. The zero-order valence-electron chi connectivity index (χ0n) is 8.53. The van der Waals surface area contributed by atoms with Gasteiger partial charge in [-0.15, -0.1) is 11.6 Å². The van der Waals surface area contributed by atoms with Crippen LogP contribution in [0.5, 0.6) is 0 Å². The maximum atomic E-state index is 12.1. The quantitative estimate of drug-likeness (QED) is 0.681. The van der Waals surface area contributed by atoms with Crippen molar-refractivity contribution in [3.05, 3.63) is 53.1 Å². The molecular formula is C14H9ClO. The smallest absolute Gasteiger partial charge is 0.190 e. The van der Waals surface area contributed by atoms with Crippen LogP contribution >= 0.6 is 11.6 Å². The molecule has 2 aromatic carbocycles. The first-order chi connectivity index (χ1) is 7.81. The molecule has 0 aromatic heterocycles. The predicted molar refractivity (Wildman–Crippen MR) is 67.0 cm³/mol. The van der Waals surface area contributed by atoms with Crippen molar-refractivity contribution in [2.24, 2.45) is 0 Å². The molecule has 0 saturated carbocycles. The average Bonchev–Trinajstić information content (AvgIpc) is 2.33. The monoisotopic (exact) mass is 228 g/mol. The molecule has 0 spiro atoms. The summed E-state index contributed by atoms with van der Waals surface area (Å²) in [7, 11) is 0. The Labute approximate surface area is 98.3 Å². The second-order valence-electron chi connectivity index (χ2n) is 3.88. The normalized spacial score (nSPS) is 14.1. The fraction of sp³-hybridized carbons (Fsp3) is 0.0714. The van der Waals surface area contributed by atoms with Crippen LogP contribution in [0.1, 0.15) is 15.9 Å². The molecule has 0 bridgehead atoms. The molecule has 2 aromatic rings. The van der Waals surface area contributed by atoms with Crippen LogP contribution in [0.3, 0.4) is 0 Å². The maximum Gasteiger partial charge on any atom is 0.190 e. The second-order valence-corrected chi connectivity index (χ2v) is 4.15. The lowest BCUT2D eigenvalue weighted by molar-refractivity contribution is 0.103. The highest BCUT2D eigenvalue weighted by Crippen LogP contribution is 2.31. The fourth-order valence-corrected chi connectivity index (χ4v) is 2.40. The first-order valence-corrected chi connectivity index (χ1v) is 5.67. The molecule has 3 rings (SSSR count). The summed E-state index contributed by atoms with van der Waals surface area (Å²) in [5, 5.41) is 2.15. The summed E-state index contributed by atoms with van der Waals surface area (Å²) in [4.78, 5) is 12.1. The van der Waals surface area contributed by atoms with Crippen molar-refractivity contribution in [3.8, 4) is 0 Å². The molecule has 1 aliphatic rings. The molecule has 0 amide bonds. The number of hydrogen-bond acceptors (Lipinski definition) is 1. The lowest BCUT2D eigenvalue weighted by atomic mass is 9.89. The number of allylic oxidation sites excluding steroid dienone is 1. The van der Waals surface area contributed by atoms with Gasteiger partial charge in [0.2, 0.25) is 0 Å².